The molecule has 0 aliphatic carbocycles. The van der Waals surface area contributed by atoms with Crippen LogP contribution in [0.2, 0.25) is 0 Å². The van der Waals surface area contributed by atoms with Crippen molar-refractivity contribution in [1.82, 2.24) is 4.98 Å². The minimum absolute atomic E-state index is 0.0634. The standard InChI is InChI=1S/C16H17N3O5S/c1-16(9-20,10-23-7-11-5-3-2-4-6-11)24-19-13(14(21)22)12-8-25-15(17)18-12/h2-6,8-9H,7,10H2,1H3,(H2,17,18)(H,21,22)/b19-13-. The van der Waals surface area contributed by atoms with E-state index in [2.05, 4.69) is 10.1 Å². The van der Waals surface area contributed by atoms with Crippen LogP contribution in [0.5, 0.6) is 0 Å². The Hall–Kier alpha value is -2.78. The van der Waals surface area contributed by atoms with Crippen molar-refractivity contribution in [3.05, 3.63) is 47.0 Å². The SMILES string of the molecule is CC(C=O)(COCc1ccccc1)O/N=C(\C(=O)O)c1csc(N)n1. The molecule has 0 bridgehead atoms. The predicted molar refractivity (Wildman–Crippen MR) is 92.4 cm³/mol. The van der Waals surface area contributed by atoms with Gasteiger partial charge in [-0.15, -0.1) is 11.3 Å². The summed E-state index contributed by atoms with van der Waals surface area (Å²) >= 11 is 1.07. The molecule has 0 fully saturated rings. The molecule has 0 amide bonds. The number of aliphatic carboxylic acids is 1. The lowest BCUT2D eigenvalue weighted by atomic mass is 10.1. The second-order valence-corrected chi connectivity index (χ2v) is 6.21. The summed E-state index contributed by atoms with van der Waals surface area (Å²) in [6.07, 6.45) is 0.510. The number of aldehydes is 1. The number of carboxylic acid groups (broad SMARTS) is 1. The number of rotatable bonds is 9. The van der Waals surface area contributed by atoms with Crippen LogP contribution < -0.4 is 5.73 Å². The molecule has 0 saturated carbocycles. The van der Waals surface area contributed by atoms with Crippen molar-refractivity contribution in [2.75, 3.05) is 12.3 Å². The molecule has 132 valence electrons. The summed E-state index contributed by atoms with van der Waals surface area (Å²) in [5.41, 5.74) is 4.61. The number of benzene rings is 1. The minimum atomic E-state index is -1.43. The maximum Gasteiger partial charge on any atom is 0.360 e. The van der Waals surface area contributed by atoms with Gasteiger partial charge in [0.15, 0.2) is 11.4 Å². The number of carbonyl (C=O) groups excluding carboxylic acids is 1. The number of thiazole rings is 1. The van der Waals surface area contributed by atoms with E-state index in [1.54, 1.807) is 0 Å². The number of anilines is 1. The molecular formula is C16H17N3O5S. The van der Waals surface area contributed by atoms with E-state index in [1.807, 2.05) is 30.3 Å². The lowest BCUT2D eigenvalue weighted by molar-refractivity contribution is -0.140. The van der Waals surface area contributed by atoms with Crippen molar-refractivity contribution in [3.63, 3.8) is 0 Å². The monoisotopic (exact) mass is 363 g/mol. The van der Waals surface area contributed by atoms with Gasteiger partial charge in [0, 0.05) is 5.38 Å². The van der Waals surface area contributed by atoms with Crippen LogP contribution in [0.4, 0.5) is 5.13 Å². The average molecular weight is 363 g/mol. The van der Waals surface area contributed by atoms with Crippen LogP contribution in [0.15, 0.2) is 40.9 Å². The lowest BCUT2D eigenvalue weighted by Gasteiger charge is -2.20. The molecule has 1 heterocycles. The van der Waals surface area contributed by atoms with Crippen LogP contribution in [-0.4, -0.2) is 40.3 Å². The van der Waals surface area contributed by atoms with Gasteiger partial charge in [-0.3, -0.25) is 4.79 Å². The van der Waals surface area contributed by atoms with Crippen LogP contribution in [-0.2, 0) is 25.8 Å². The van der Waals surface area contributed by atoms with Crippen LogP contribution in [0.3, 0.4) is 0 Å². The maximum absolute atomic E-state index is 11.3. The molecule has 1 atom stereocenters. The Balaban J connectivity index is 2.02. The van der Waals surface area contributed by atoms with E-state index in [0.717, 1.165) is 16.9 Å². The predicted octanol–water partition coefficient (Wildman–Crippen LogP) is 1.71. The Bertz CT molecular complexity index is 762. The Morgan fingerprint density at radius 3 is 2.72 bits per heavy atom. The van der Waals surface area contributed by atoms with Gasteiger partial charge in [-0.25, -0.2) is 9.78 Å². The number of oxime groups is 1. The number of hydrogen-bond acceptors (Lipinski definition) is 8. The Labute approximate surface area is 147 Å². The smallest absolute Gasteiger partial charge is 0.360 e. The van der Waals surface area contributed by atoms with Gasteiger partial charge >= 0.3 is 5.97 Å². The van der Waals surface area contributed by atoms with E-state index in [0.29, 0.717) is 6.29 Å². The highest BCUT2D eigenvalue weighted by Gasteiger charge is 2.28. The third-order valence-corrected chi connectivity index (χ3v) is 3.74. The molecule has 25 heavy (non-hydrogen) atoms. The minimum Gasteiger partial charge on any atom is -0.476 e. The molecule has 3 N–H and O–H groups in total. The highest BCUT2D eigenvalue weighted by atomic mass is 32.1. The zero-order valence-electron chi connectivity index (χ0n) is 13.4. The molecule has 2 aromatic rings. The summed E-state index contributed by atoms with van der Waals surface area (Å²) in [6.45, 7) is 1.64. The van der Waals surface area contributed by atoms with Crippen LogP contribution in [0, 0.1) is 0 Å². The Morgan fingerprint density at radius 1 is 1.44 bits per heavy atom. The molecule has 2 rings (SSSR count). The summed E-state index contributed by atoms with van der Waals surface area (Å²) in [4.78, 5) is 31.6. The highest BCUT2D eigenvalue weighted by molar-refractivity contribution is 7.13. The first-order valence-corrected chi connectivity index (χ1v) is 8.10. The summed E-state index contributed by atoms with van der Waals surface area (Å²) in [5, 5.41) is 14.4. The largest absolute Gasteiger partial charge is 0.476 e. The van der Waals surface area contributed by atoms with Crippen LogP contribution in [0.1, 0.15) is 18.2 Å². The number of aromatic nitrogens is 1. The number of carboxylic acids is 1. The molecular weight excluding hydrogens is 346 g/mol. The number of ether oxygens (including phenoxy) is 1. The van der Waals surface area contributed by atoms with Crippen molar-refractivity contribution in [2.24, 2.45) is 5.16 Å². The van der Waals surface area contributed by atoms with E-state index in [4.69, 9.17) is 15.3 Å². The van der Waals surface area contributed by atoms with Gasteiger partial charge in [-0.2, -0.15) is 0 Å². The van der Waals surface area contributed by atoms with Gasteiger partial charge in [-0.1, -0.05) is 35.5 Å². The second kappa shape index (κ2) is 8.36. The van der Waals surface area contributed by atoms with Crippen molar-refractivity contribution >= 4 is 34.4 Å². The molecule has 1 unspecified atom stereocenters. The molecule has 0 aliphatic rings. The van der Waals surface area contributed by atoms with Crippen LogP contribution in [0.25, 0.3) is 0 Å². The van der Waals surface area contributed by atoms with Gasteiger partial charge in [0.05, 0.1) is 13.2 Å². The molecule has 0 aliphatic heterocycles. The number of hydrogen-bond donors (Lipinski definition) is 2. The molecule has 8 nitrogen and oxygen atoms in total. The Morgan fingerprint density at radius 2 is 2.16 bits per heavy atom. The van der Waals surface area contributed by atoms with Gasteiger partial charge in [0.1, 0.15) is 5.69 Å². The topological polar surface area (TPSA) is 124 Å². The van der Waals surface area contributed by atoms with Crippen molar-refractivity contribution < 1.29 is 24.3 Å². The fraction of sp³-hybridized carbons (Fsp3) is 0.250. The fourth-order valence-electron chi connectivity index (χ4n) is 1.77. The summed E-state index contributed by atoms with van der Waals surface area (Å²) < 4.78 is 5.47. The van der Waals surface area contributed by atoms with Crippen molar-refractivity contribution in [3.8, 4) is 0 Å². The quantitative estimate of drug-likeness (QED) is 0.395. The highest BCUT2D eigenvalue weighted by Crippen LogP contribution is 2.15. The first-order chi connectivity index (χ1) is 11.9. The average Bonchev–Trinajstić information content (AvgIpc) is 3.02. The molecule has 9 heteroatoms. The van der Waals surface area contributed by atoms with E-state index in [1.165, 1.54) is 12.3 Å². The van der Waals surface area contributed by atoms with Gasteiger partial charge in [0.25, 0.3) is 0 Å². The fourth-order valence-corrected chi connectivity index (χ4v) is 2.32. The van der Waals surface area contributed by atoms with Gasteiger partial charge in [0.2, 0.25) is 11.3 Å². The molecule has 1 aromatic heterocycles. The van der Waals surface area contributed by atoms with E-state index in [-0.39, 0.29) is 24.0 Å². The second-order valence-electron chi connectivity index (χ2n) is 5.32. The third-order valence-electron chi connectivity index (χ3n) is 3.06. The zero-order chi connectivity index (χ0) is 18.3. The number of nitrogen functional groups attached to an aromatic ring is 1. The normalized spacial score (nSPS) is 13.9. The van der Waals surface area contributed by atoms with E-state index in [9.17, 15) is 14.7 Å². The first kappa shape index (κ1) is 18.6. The number of carbonyl (C=O) groups is 2. The number of nitrogens with two attached hydrogens (primary N) is 1. The van der Waals surface area contributed by atoms with Crippen LogP contribution >= 0.6 is 11.3 Å². The maximum atomic E-state index is 11.3. The molecule has 0 saturated heterocycles. The van der Waals surface area contributed by atoms with Crippen molar-refractivity contribution in [2.45, 2.75) is 19.1 Å². The summed E-state index contributed by atoms with van der Waals surface area (Å²) in [7, 11) is 0. The third kappa shape index (κ3) is 5.37. The molecule has 0 radical (unpaired) electrons. The van der Waals surface area contributed by atoms with Gasteiger partial charge in [-0.05, 0) is 12.5 Å². The van der Waals surface area contributed by atoms with Crippen molar-refractivity contribution in [1.29, 1.82) is 0 Å². The summed E-state index contributed by atoms with van der Waals surface area (Å²) in [6, 6.07) is 9.39. The Kier molecular flexibility index (Phi) is 6.20. The molecule has 1 aromatic carbocycles. The van der Waals surface area contributed by atoms with E-state index < -0.39 is 17.3 Å². The zero-order valence-corrected chi connectivity index (χ0v) is 14.2. The van der Waals surface area contributed by atoms with E-state index >= 15 is 0 Å². The molecule has 0 spiro atoms. The lowest BCUT2D eigenvalue weighted by Crippen LogP contribution is -2.35. The number of nitrogens with zero attached hydrogens (tertiary/aromatic N) is 2. The summed E-state index contributed by atoms with van der Waals surface area (Å²) in [5.74, 6) is -1.34. The first-order valence-electron chi connectivity index (χ1n) is 7.22. The van der Waals surface area contributed by atoms with Gasteiger partial charge < -0.3 is 20.4 Å².